The third kappa shape index (κ3) is 4.52. The number of hydrogen-bond acceptors (Lipinski definition) is 6. The fraction of sp³-hybridized carbons (Fsp3) is 0.190. The molecule has 2 N–H and O–H groups in total. The summed E-state index contributed by atoms with van der Waals surface area (Å²) in [5.74, 6) is -2.35. The molecule has 0 unspecified atom stereocenters. The molecule has 1 heterocycles. The van der Waals surface area contributed by atoms with Crippen molar-refractivity contribution in [2.24, 2.45) is 0 Å². The van der Waals surface area contributed by atoms with E-state index in [1.807, 2.05) is 0 Å². The maximum atomic E-state index is 12.6. The van der Waals surface area contributed by atoms with Crippen molar-refractivity contribution in [3.8, 4) is 0 Å². The Morgan fingerprint density at radius 3 is 2.30 bits per heavy atom. The van der Waals surface area contributed by atoms with E-state index < -0.39 is 29.9 Å². The molecule has 0 saturated heterocycles. The molecule has 1 aromatic heterocycles. The van der Waals surface area contributed by atoms with E-state index in [1.54, 1.807) is 26.0 Å². The predicted molar refractivity (Wildman–Crippen MR) is 109 cm³/mol. The van der Waals surface area contributed by atoms with Gasteiger partial charge in [0.1, 0.15) is 6.54 Å². The Labute approximate surface area is 170 Å². The molecule has 0 aliphatic heterocycles. The summed E-state index contributed by atoms with van der Waals surface area (Å²) in [4.78, 5) is 48.3. The van der Waals surface area contributed by atoms with Crippen LogP contribution in [-0.4, -0.2) is 38.8 Å². The van der Waals surface area contributed by atoms with Crippen LogP contribution < -0.4 is 10.9 Å². The number of carboxylic acid groups (broad SMARTS) is 1. The second-order valence-corrected chi connectivity index (χ2v) is 6.74. The highest BCUT2D eigenvalue weighted by atomic mass is 16.5. The van der Waals surface area contributed by atoms with Crippen molar-refractivity contribution < 1.29 is 24.2 Å². The predicted octanol–water partition coefficient (Wildman–Crippen LogP) is 2.30. The van der Waals surface area contributed by atoms with Crippen LogP contribution in [0, 0.1) is 0 Å². The number of nitrogens with zero attached hydrogens (tertiary/aromatic N) is 2. The highest BCUT2D eigenvalue weighted by Gasteiger charge is 2.17. The maximum Gasteiger partial charge on any atom is 0.357 e. The summed E-state index contributed by atoms with van der Waals surface area (Å²) in [5, 5.41) is 16.2. The summed E-state index contributed by atoms with van der Waals surface area (Å²) in [5.41, 5.74) is -0.155. The number of carbonyl (C=O) groups excluding carboxylic acids is 2. The Balaban J connectivity index is 1.79. The first-order chi connectivity index (χ1) is 14.3. The van der Waals surface area contributed by atoms with Gasteiger partial charge in [-0.15, -0.1) is 0 Å². The van der Waals surface area contributed by atoms with Gasteiger partial charge < -0.3 is 15.2 Å². The van der Waals surface area contributed by atoms with Crippen molar-refractivity contribution in [3.05, 3.63) is 70.1 Å². The lowest BCUT2D eigenvalue weighted by atomic mass is 10.1. The molecule has 0 bridgehead atoms. The van der Waals surface area contributed by atoms with Crippen LogP contribution >= 0.6 is 0 Å². The fourth-order valence-electron chi connectivity index (χ4n) is 2.81. The summed E-state index contributed by atoms with van der Waals surface area (Å²) in [6.07, 6.45) is -0.250. The molecule has 1 amide bonds. The van der Waals surface area contributed by atoms with Crippen LogP contribution in [0.1, 0.15) is 34.7 Å². The summed E-state index contributed by atoms with van der Waals surface area (Å²) in [6.45, 7) is 3.01. The number of rotatable bonds is 6. The van der Waals surface area contributed by atoms with Crippen molar-refractivity contribution in [1.29, 1.82) is 0 Å². The van der Waals surface area contributed by atoms with Crippen molar-refractivity contribution >= 4 is 34.3 Å². The molecular formula is C21H19N3O6. The topological polar surface area (TPSA) is 128 Å². The Morgan fingerprint density at radius 2 is 1.70 bits per heavy atom. The number of hydrogen-bond donors (Lipinski definition) is 2. The van der Waals surface area contributed by atoms with Crippen LogP contribution in [-0.2, 0) is 16.1 Å². The molecule has 3 aromatic rings. The van der Waals surface area contributed by atoms with E-state index in [2.05, 4.69) is 10.4 Å². The van der Waals surface area contributed by atoms with Crippen LogP contribution in [0.2, 0.25) is 0 Å². The van der Waals surface area contributed by atoms with E-state index >= 15 is 0 Å². The van der Waals surface area contributed by atoms with Crippen molar-refractivity contribution in [2.45, 2.75) is 26.5 Å². The average Bonchev–Trinajstić information content (AvgIpc) is 2.70. The molecule has 0 radical (unpaired) electrons. The quantitative estimate of drug-likeness (QED) is 0.598. The molecule has 154 valence electrons. The SMILES string of the molecule is CC(C)OC(=O)c1ccc(NC(=O)Cn2nc(C(=O)O)c3ccccc3c2=O)cc1. The minimum absolute atomic E-state index is 0.158. The van der Waals surface area contributed by atoms with Gasteiger partial charge in [0, 0.05) is 11.1 Å². The van der Waals surface area contributed by atoms with Gasteiger partial charge in [-0.25, -0.2) is 14.3 Å². The van der Waals surface area contributed by atoms with E-state index in [0.29, 0.717) is 11.3 Å². The van der Waals surface area contributed by atoms with E-state index in [4.69, 9.17) is 4.74 Å². The Bertz CT molecular complexity index is 1180. The Kier molecular flexibility index (Phi) is 5.91. The first-order valence-electron chi connectivity index (χ1n) is 9.10. The molecule has 3 rings (SSSR count). The number of benzene rings is 2. The summed E-state index contributed by atoms with van der Waals surface area (Å²) >= 11 is 0. The molecule has 0 spiro atoms. The van der Waals surface area contributed by atoms with Gasteiger partial charge in [0.25, 0.3) is 5.56 Å². The van der Waals surface area contributed by atoms with Crippen molar-refractivity contribution in [3.63, 3.8) is 0 Å². The number of anilines is 1. The number of ether oxygens (including phenoxy) is 1. The zero-order chi connectivity index (χ0) is 21.8. The summed E-state index contributed by atoms with van der Waals surface area (Å²) in [6, 6.07) is 12.2. The minimum atomic E-state index is -1.30. The second-order valence-electron chi connectivity index (χ2n) is 6.74. The van der Waals surface area contributed by atoms with Crippen LogP contribution in [0.5, 0.6) is 0 Å². The molecule has 9 heteroatoms. The van der Waals surface area contributed by atoms with Crippen LogP contribution in [0.25, 0.3) is 10.8 Å². The van der Waals surface area contributed by atoms with E-state index in [1.165, 1.54) is 36.4 Å². The zero-order valence-electron chi connectivity index (χ0n) is 16.3. The largest absolute Gasteiger partial charge is 0.476 e. The van der Waals surface area contributed by atoms with E-state index in [-0.39, 0.29) is 22.6 Å². The fourth-order valence-corrected chi connectivity index (χ4v) is 2.81. The molecule has 0 aliphatic rings. The van der Waals surface area contributed by atoms with Gasteiger partial charge in [-0.3, -0.25) is 9.59 Å². The molecule has 0 saturated carbocycles. The van der Waals surface area contributed by atoms with Crippen LogP contribution in [0.4, 0.5) is 5.69 Å². The summed E-state index contributed by atoms with van der Waals surface area (Å²) < 4.78 is 5.91. The third-order valence-electron chi connectivity index (χ3n) is 4.11. The smallest absolute Gasteiger partial charge is 0.357 e. The van der Waals surface area contributed by atoms with Crippen LogP contribution in [0.15, 0.2) is 53.3 Å². The standard InChI is InChI=1S/C21H19N3O6/c1-12(2)30-21(29)13-7-9-14(10-8-13)22-17(25)11-24-19(26)16-6-4-3-5-15(16)18(23-24)20(27)28/h3-10,12H,11H2,1-2H3,(H,22,25)(H,27,28). The van der Waals surface area contributed by atoms with Gasteiger partial charge >= 0.3 is 11.9 Å². The van der Waals surface area contributed by atoms with Gasteiger partial charge in [0.2, 0.25) is 5.91 Å². The van der Waals surface area contributed by atoms with E-state index in [0.717, 1.165) is 4.68 Å². The maximum absolute atomic E-state index is 12.6. The lowest BCUT2D eigenvalue weighted by Gasteiger charge is -2.10. The zero-order valence-corrected chi connectivity index (χ0v) is 16.3. The number of esters is 1. The highest BCUT2D eigenvalue weighted by Crippen LogP contribution is 2.14. The molecule has 30 heavy (non-hydrogen) atoms. The molecule has 2 aromatic carbocycles. The first kappa shape index (κ1) is 20.7. The van der Waals surface area contributed by atoms with Crippen molar-refractivity contribution in [2.75, 3.05) is 5.32 Å². The minimum Gasteiger partial charge on any atom is -0.476 e. The normalized spacial score (nSPS) is 10.8. The number of nitrogens with one attached hydrogen (secondary N) is 1. The second kappa shape index (κ2) is 8.56. The monoisotopic (exact) mass is 409 g/mol. The number of carbonyl (C=O) groups is 3. The summed E-state index contributed by atoms with van der Waals surface area (Å²) in [7, 11) is 0. The Morgan fingerprint density at radius 1 is 1.07 bits per heavy atom. The van der Waals surface area contributed by atoms with Gasteiger partial charge in [0.05, 0.1) is 17.1 Å². The van der Waals surface area contributed by atoms with Gasteiger partial charge in [-0.1, -0.05) is 18.2 Å². The number of fused-ring (bicyclic) bond motifs is 1. The molecule has 0 aliphatic carbocycles. The lowest BCUT2D eigenvalue weighted by molar-refractivity contribution is -0.117. The van der Waals surface area contributed by atoms with Crippen molar-refractivity contribution in [1.82, 2.24) is 9.78 Å². The first-order valence-corrected chi connectivity index (χ1v) is 9.10. The Hall–Kier alpha value is -4.01. The van der Waals surface area contributed by atoms with E-state index in [9.17, 15) is 24.3 Å². The third-order valence-corrected chi connectivity index (χ3v) is 4.11. The van der Waals surface area contributed by atoms with Gasteiger partial charge in [0.15, 0.2) is 5.69 Å². The van der Waals surface area contributed by atoms with Crippen LogP contribution in [0.3, 0.4) is 0 Å². The average molecular weight is 409 g/mol. The highest BCUT2D eigenvalue weighted by molar-refractivity contribution is 6.01. The molecular weight excluding hydrogens is 390 g/mol. The number of aromatic nitrogens is 2. The molecule has 0 atom stereocenters. The molecule has 0 fully saturated rings. The molecule has 9 nitrogen and oxygen atoms in total. The van der Waals surface area contributed by atoms with Gasteiger partial charge in [-0.2, -0.15) is 5.10 Å². The lowest BCUT2D eigenvalue weighted by Crippen LogP contribution is -2.31. The number of amides is 1. The number of aromatic carboxylic acids is 1. The van der Waals surface area contributed by atoms with Gasteiger partial charge in [-0.05, 0) is 44.2 Å². The number of carboxylic acids is 1.